The topological polar surface area (TPSA) is 78.8 Å². The second kappa shape index (κ2) is 9.52. The number of fused-ring (bicyclic) bond motifs is 3. The number of aliphatic hydroxyl groups is 2. The molecule has 3 aromatic rings. The van der Waals surface area contributed by atoms with Gasteiger partial charge in [-0.15, -0.1) is 0 Å². The lowest BCUT2D eigenvalue weighted by atomic mass is 9.98. The SMILES string of the molecule is O=C(NCCC(O)C(O)c1ccccc1Cl)OCC1c2ccccc2-c2ccccc21. The predicted octanol–water partition coefficient (Wildman–Crippen LogP) is 4.66. The molecule has 1 aliphatic carbocycles. The Kier molecular flexibility index (Phi) is 6.56. The maximum atomic E-state index is 12.2. The summed E-state index contributed by atoms with van der Waals surface area (Å²) in [6.07, 6.45) is -2.58. The first kappa shape index (κ1) is 21.4. The van der Waals surface area contributed by atoms with Gasteiger partial charge in [0.2, 0.25) is 0 Å². The number of aliphatic hydroxyl groups excluding tert-OH is 2. The first-order chi connectivity index (χ1) is 15.1. The van der Waals surface area contributed by atoms with Crippen LogP contribution in [0.5, 0.6) is 0 Å². The van der Waals surface area contributed by atoms with Crippen LogP contribution in [0, 0.1) is 0 Å². The normalized spacial score (nSPS) is 14.4. The molecule has 31 heavy (non-hydrogen) atoms. The quantitative estimate of drug-likeness (QED) is 0.502. The Morgan fingerprint density at radius 2 is 1.52 bits per heavy atom. The number of hydrogen-bond acceptors (Lipinski definition) is 4. The van der Waals surface area contributed by atoms with Gasteiger partial charge in [-0.25, -0.2) is 4.79 Å². The molecule has 0 spiro atoms. The molecule has 0 saturated heterocycles. The third-order valence-corrected chi connectivity index (χ3v) is 5.99. The van der Waals surface area contributed by atoms with Crippen molar-refractivity contribution < 1.29 is 19.7 Å². The summed E-state index contributed by atoms with van der Waals surface area (Å²) in [6, 6.07) is 23.1. The monoisotopic (exact) mass is 437 g/mol. The van der Waals surface area contributed by atoms with Gasteiger partial charge in [0.25, 0.3) is 0 Å². The Morgan fingerprint density at radius 3 is 2.16 bits per heavy atom. The summed E-state index contributed by atoms with van der Waals surface area (Å²) in [5, 5.41) is 23.5. The van der Waals surface area contributed by atoms with Gasteiger partial charge in [0.15, 0.2) is 0 Å². The lowest BCUT2D eigenvalue weighted by Crippen LogP contribution is -2.30. The Balaban J connectivity index is 1.29. The zero-order chi connectivity index (χ0) is 21.8. The van der Waals surface area contributed by atoms with E-state index in [0.29, 0.717) is 10.6 Å². The molecule has 2 atom stereocenters. The van der Waals surface area contributed by atoms with E-state index >= 15 is 0 Å². The van der Waals surface area contributed by atoms with E-state index < -0.39 is 18.3 Å². The van der Waals surface area contributed by atoms with Crippen LogP contribution in [0.15, 0.2) is 72.8 Å². The molecule has 0 radical (unpaired) electrons. The molecule has 3 N–H and O–H groups in total. The van der Waals surface area contributed by atoms with Crippen LogP contribution < -0.4 is 5.32 Å². The van der Waals surface area contributed by atoms with E-state index in [9.17, 15) is 15.0 Å². The maximum absolute atomic E-state index is 12.2. The Hall–Kier alpha value is -2.86. The van der Waals surface area contributed by atoms with Crippen molar-refractivity contribution >= 4 is 17.7 Å². The van der Waals surface area contributed by atoms with Gasteiger partial charge in [0.05, 0.1) is 6.10 Å². The van der Waals surface area contributed by atoms with Gasteiger partial charge in [0.1, 0.15) is 12.7 Å². The largest absolute Gasteiger partial charge is 0.449 e. The second-order valence-corrected chi connectivity index (χ2v) is 7.98. The van der Waals surface area contributed by atoms with Gasteiger partial charge in [-0.3, -0.25) is 0 Å². The Labute approximate surface area is 186 Å². The minimum absolute atomic E-state index is 0.00853. The van der Waals surface area contributed by atoms with E-state index in [0.717, 1.165) is 11.1 Å². The molecule has 0 saturated carbocycles. The van der Waals surface area contributed by atoms with Gasteiger partial charge in [-0.05, 0) is 34.7 Å². The molecule has 0 aromatic heterocycles. The number of ether oxygens (including phenoxy) is 1. The van der Waals surface area contributed by atoms with Gasteiger partial charge >= 0.3 is 6.09 Å². The number of benzene rings is 3. The van der Waals surface area contributed by atoms with Crippen molar-refractivity contribution in [2.24, 2.45) is 0 Å². The summed E-state index contributed by atoms with van der Waals surface area (Å²) in [5.74, 6) is -0.00853. The zero-order valence-corrected chi connectivity index (χ0v) is 17.6. The van der Waals surface area contributed by atoms with Gasteiger partial charge in [-0.1, -0.05) is 78.3 Å². The number of carbonyl (C=O) groups is 1. The third-order valence-electron chi connectivity index (χ3n) is 5.64. The van der Waals surface area contributed by atoms with Crippen molar-refractivity contribution in [3.05, 3.63) is 94.5 Å². The average Bonchev–Trinajstić information content (AvgIpc) is 3.11. The first-order valence-electron chi connectivity index (χ1n) is 10.3. The Morgan fingerprint density at radius 1 is 0.935 bits per heavy atom. The number of hydrogen-bond donors (Lipinski definition) is 3. The van der Waals surface area contributed by atoms with E-state index in [1.54, 1.807) is 24.3 Å². The highest BCUT2D eigenvalue weighted by atomic mass is 35.5. The number of alkyl carbamates (subject to hydrolysis) is 1. The molecule has 1 amide bonds. The van der Waals surface area contributed by atoms with E-state index in [1.807, 2.05) is 24.3 Å². The number of amides is 1. The molecule has 2 unspecified atom stereocenters. The van der Waals surface area contributed by atoms with E-state index in [2.05, 4.69) is 29.6 Å². The van der Waals surface area contributed by atoms with Crippen LogP contribution in [0.1, 0.15) is 35.1 Å². The number of nitrogens with one attached hydrogen (secondary N) is 1. The number of carbonyl (C=O) groups excluding carboxylic acids is 1. The van der Waals surface area contributed by atoms with Gasteiger partial charge in [0, 0.05) is 23.0 Å². The molecule has 3 aromatic carbocycles. The minimum atomic E-state index is -1.13. The standard InChI is InChI=1S/C25H24ClNO4/c26-22-12-6-5-11-20(22)24(29)23(28)13-14-27-25(30)31-15-21-18-9-3-1-7-16(18)17-8-2-4-10-19(17)21/h1-12,21,23-24,28-29H,13-15H2,(H,27,30). The highest BCUT2D eigenvalue weighted by Gasteiger charge is 2.29. The Bertz CT molecular complexity index is 1030. The van der Waals surface area contributed by atoms with E-state index in [-0.39, 0.29) is 25.5 Å². The fourth-order valence-electron chi connectivity index (χ4n) is 4.05. The number of halogens is 1. The lowest BCUT2D eigenvalue weighted by Gasteiger charge is -2.19. The molecule has 6 heteroatoms. The predicted molar refractivity (Wildman–Crippen MR) is 120 cm³/mol. The fraction of sp³-hybridized carbons (Fsp3) is 0.240. The molecule has 0 heterocycles. The van der Waals surface area contributed by atoms with E-state index in [1.165, 1.54) is 11.1 Å². The smallest absolute Gasteiger partial charge is 0.407 e. The van der Waals surface area contributed by atoms with Crippen LogP contribution in [0.4, 0.5) is 4.79 Å². The molecular weight excluding hydrogens is 414 g/mol. The summed E-state index contributed by atoms with van der Waals surface area (Å²) in [6.45, 7) is 0.393. The molecule has 5 nitrogen and oxygen atoms in total. The van der Waals surface area contributed by atoms with Crippen molar-refractivity contribution in [1.82, 2.24) is 5.32 Å². The summed E-state index contributed by atoms with van der Waals surface area (Å²) >= 11 is 6.06. The fourth-order valence-corrected chi connectivity index (χ4v) is 4.30. The molecule has 0 aliphatic heterocycles. The first-order valence-corrected chi connectivity index (χ1v) is 10.6. The average molecular weight is 438 g/mol. The van der Waals surface area contributed by atoms with Crippen molar-refractivity contribution in [3.8, 4) is 11.1 Å². The van der Waals surface area contributed by atoms with Crippen molar-refractivity contribution in [2.75, 3.05) is 13.2 Å². The van der Waals surface area contributed by atoms with Crippen molar-refractivity contribution in [1.29, 1.82) is 0 Å². The van der Waals surface area contributed by atoms with E-state index in [4.69, 9.17) is 16.3 Å². The summed E-state index contributed by atoms with van der Waals surface area (Å²) in [5.41, 5.74) is 5.09. The van der Waals surface area contributed by atoms with Crippen LogP contribution >= 0.6 is 11.6 Å². The highest BCUT2D eigenvalue weighted by molar-refractivity contribution is 6.31. The van der Waals surface area contributed by atoms with Gasteiger partial charge < -0.3 is 20.3 Å². The third kappa shape index (κ3) is 4.59. The minimum Gasteiger partial charge on any atom is -0.449 e. The summed E-state index contributed by atoms with van der Waals surface area (Å²) in [7, 11) is 0. The van der Waals surface area contributed by atoms with Crippen LogP contribution in [-0.4, -0.2) is 35.6 Å². The molecule has 0 bridgehead atoms. The lowest BCUT2D eigenvalue weighted by molar-refractivity contribution is 0.0137. The molecule has 0 fully saturated rings. The van der Waals surface area contributed by atoms with Crippen LogP contribution in [0.2, 0.25) is 5.02 Å². The maximum Gasteiger partial charge on any atom is 0.407 e. The molecule has 4 rings (SSSR count). The van der Waals surface area contributed by atoms with Crippen LogP contribution in [0.3, 0.4) is 0 Å². The molecular formula is C25H24ClNO4. The highest BCUT2D eigenvalue weighted by Crippen LogP contribution is 2.44. The van der Waals surface area contributed by atoms with Crippen molar-refractivity contribution in [2.45, 2.75) is 24.5 Å². The second-order valence-electron chi connectivity index (χ2n) is 7.57. The zero-order valence-electron chi connectivity index (χ0n) is 16.9. The summed E-state index contributed by atoms with van der Waals surface area (Å²) in [4.78, 5) is 12.2. The number of rotatable bonds is 7. The van der Waals surface area contributed by atoms with Gasteiger partial charge in [-0.2, -0.15) is 0 Å². The molecule has 160 valence electrons. The molecule has 1 aliphatic rings. The van der Waals surface area contributed by atoms with Crippen molar-refractivity contribution in [3.63, 3.8) is 0 Å². The van der Waals surface area contributed by atoms with Crippen LogP contribution in [0.25, 0.3) is 11.1 Å². The summed E-state index contributed by atoms with van der Waals surface area (Å²) < 4.78 is 5.47. The van der Waals surface area contributed by atoms with Crippen LogP contribution in [-0.2, 0) is 4.74 Å².